The second kappa shape index (κ2) is 6.93. The van der Waals surface area contributed by atoms with E-state index in [2.05, 4.69) is 5.10 Å². The van der Waals surface area contributed by atoms with Crippen molar-refractivity contribution in [3.05, 3.63) is 17.5 Å². The Morgan fingerprint density at radius 2 is 2.10 bits per heavy atom. The Morgan fingerprint density at radius 1 is 1.48 bits per heavy atom. The molecular formula is C13H20F3N3O2. The Bertz CT molecular complexity index is 483. The van der Waals surface area contributed by atoms with Gasteiger partial charge < -0.3 is 4.74 Å². The first-order valence-corrected chi connectivity index (χ1v) is 6.64. The number of hydrogen-bond donors (Lipinski definition) is 0. The summed E-state index contributed by atoms with van der Waals surface area (Å²) in [5.41, 5.74) is 0.610. The molecule has 0 N–H and O–H groups in total. The smallest absolute Gasteiger partial charge is 0.401 e. The zero-order chi connectivity index (χ0) is 16.2. The fraction of sp³-hybridized carbons (Fsp3) is 0.692. The Kier molecular flexibility index (Phi) is 5.77. The van der Waals surface area contributed by atoms with E-state index in [0.717, 1.165) is 0 Å². The molecule has 0 unspecified atom stereocenters. The summed E-state index contributed by atoms with van der Waals surface area (Å²) in [6.07, 6.45) is -2.98. The van der Waals surface area contributed by atoms with Crippen molar-refractivity contribution >= 4 is 5.97 Å². The predicted molar refractivity (Wildman–Crippen MR) is 70.8 cm³/mol. The number of alkyl halides is 3. The summed E-state index contributed by atoms with van der Waals surface area (Å²) in [6.45, 7) is 4.14. The van der Waals surface area contributed by atoms with Crippen LogP contribution in [0.1, 0.15) is 36.8 Å². The SMILES string of the molecule is CCOC(=O)c1cnn(C)c1CN(CC(F)(F)F)C(C)C. The quantitative estimate of drug-likeness (QED) is 0.757. The molecule has 0 saturated carbocycles. The molecule has 0 spiro atoms. The third-order valence-corrected chi connectivity index (χ3v) is 3.02. The molecule has 21 heavy (non-hydrogen) atoms. The van der Waals surface area contributed by atoms with E-state index in [1.54, 1.807) is 27.8 Å². The second-order valence-electron chi connectivity index (χ2n) is 4.96. The normalized spacial score (nSPS) is 12.2. The van der Waals surface area contributed by atoms with Crippen LogP contribution in [0.15, 0.2) is 6.20 Å². The molecule has 120 valence electrons. The van der Waals surface area contributed by atoms with Gasteiger partial charge in [0.1, 0.15) is 5.56 Å². The number of rotatable bonds is 6. The van der Waals surface area contributed by atoms with Crippen molar-refractivity contribution in [3.63, 3.8) is 0 Å². The standard InChI is InChI=1S/C13H20F3N3O2/c1-5-21-12(20)10-6-17-18(4)11(10)7-19(9(2)3)8-13(14,15)16/h6,9H,5,7-8H2,1-4H3. The van der Waals surface area contributed by atoms with Crippen molar-refractivity contribution in [2.24, 2.45) is 7.05 Å². The Hall–Kier alpha value is -1.57. The average molecular weight is 307 g/mol. The summed E-state index contributed by atoms with van der Waals surface area (Å²) in [5, 5.41) is 3.94. The molecule has 0 bridgehead atoms. The van der Waals surface area contributed by atoms with Gasteiger partial charge in [0.15, 0.2) is 0 Å². The molecule has 1 aromatic rings. The van der Waals surface area contributed by atoms with Crippen LogP contribution in [0.25, 0.3) is 0 Å². The van der Waals surface area contributed by atoms with Crippen LogP contribution in [-0.4, -0.2) is 46.0 Å². The van der Waals surface area contributed by atoms with Crippen molar-refractivity contribution in [2.75, 3.05) is 13.2 Å². The maximum Gasteiger partial charge on any atom is 0.401 e. The number of aryl methyl sites for hydroxylation is 1. The topological polar surface area (TPSA) is 47.4 Å². The van der Waals surface area contributed by atoms with Crippen LogP contribution < -0.4 is 0 Å². The first-order chi connectivity index (χ1) is 9.65. The van der Waals surface area contributed by atoms with Gasteiger partial charge in [-0.15, -0.1) is 0 Å². The summed E-state index contributed by atoms with van der Waals surface area (Å²) in [7, 11) is 1.59. The molecule has 1 heterocycles. The van der Waals surface area contributed by atoms with Crippen LogP contribution in [0, 0.1) is 0 Å². The van der Waals surface area contributed by atoms with Crippen molar-refractivity contribution in [3.8, 4) is 0 Å². The molecule has 0 saturated heterocycles. The first kappa shape index (κ1) is 17.5. The monoisotopic (exact) mass is 307 g/mol. The van der Waals surface area contributed by atoms with Gasteiger partial charge >= 0.3 is 12.1 Å². The number of aromatic nitrogens is 2. The van der Waals surface area contributed by atoms with Crippen LogP contribution in [0.5, 0.6) is 0 Å². The molecular weight excluding hydrogens is 287 g/mol. The zero-order valence-corrected chi connectivity index (χ0v) is 12.6. The van der Waals surface area contributed by atoms with Crippen molar-refractivity contribution < 1.29 is 22.7 Å². The number of ether oxygens (including phenoxy) is 1. The zero-order valence-electron chi connectivity index (χ0n) is 12.6. The Labute approximate surface area is 121 Å². The van der Waals surface area contributed by atoms with Gasteiger partial charge in [-0.1, -0.05) is 0 Å². The molecule has 0 aliphatic carbocycles. The molecule has 0 fully saturated rings. The highest BCUT2D eigenvalue weighted by atomic mass is 19.4. The van der Waals surface area contributed by atoms with Gasteiger partial charge in [-0.2, -0.15) is 18.3 Å². The van der Waals surface area contributed by atoms with Gasteiger partial charge in [-0.05, 0) is 20.8 Å². The minimum absolute atomic E-state index is 0.0260. The van der Waals surface area contributed by atoms with Crippen molar-refractivity contribution in [1.29, 1.82) is 0 Å². The third kappa shape index (κ3) is 5.04. The Morgan fingerprint density at radius 3 is 2.57 bits per heavy atom. The fourth-order valence-corrected chi connectivity index (χ4v) is 1.87. The average Bonchev–Trinajstić information content (AvgIpc) is 2.69. The minimum atomic E-state index is -4.30. The van der Waals surface area contributed by atoms with Gasteiger partial charge in [-0.25, -0.2) is 4.79 Å². The second-order valence-corrected chi connectivity index (χ2v) is 4.96. The number of hydrogen-bond acceptors (Lipinski definition) is 4. The first-order valence-electron chi connectivity index (χ1n) is 6.64. The van der Waals surface area contributed by atoms with Crippen LogP contribution in [0.2, 0.25) is 0 Å². The minimum Gasteiger partial charge on any atom is -0.462 e. The van der Waals surface area contributed by atoms with E-state index in [1.165, 1.54) is 15.8 Å². The highest BCUT2D eigenvalue weighted by molar-refractivity contribution is 5.90. The van der Waals surface area contributed by atoms with Gasteiger partial charge in [0, 0.05) is 19.6 Å². The van der Waals surface area contributed by atoms with E-state index < -0.39 is 18.7 Å². The summed E-state index contributed by atoms with van der Waals surface area (Å²) < 4.78 is 44.2. The molecule has 5 nitrogen and oxygen atoms in total. The van der Waals surface area contributed by atoms with Crippen LogP contribution >= 0.6 is 0 Å². The van der Waals surface area contributed by atoms with Crippen LogP contribution in [0.4, 0.5) is 13.2 Å². The lowest BCUT2D eigenvalue weighted by Gasteiger charge is -2.27. The van der Waals surface area contributed by atoms with Gasteiger partial charge in [0.2, 0.25) is 0 Å². The summed E-state index contributed by atoms with van der Waals surface area (Å²) in [6, 6.07) is -0.323. The van der Waals surface area contributed by atoms with Crippen molar-refractivity contribution in [2.45, 2.75) is 39.5 Å². The predicted octanol–water partition coefficient (Wildman–Crippen LogP) is 2.37. The van der Waals surface area contributed by atoms with E-state index in [9.17, 15) is 18.0 Å². The lowest BCUT2D eigenvalue weighted by Crippen LogP contribution is -2.39. The van der Waals surface area contributed by atoms with E-state index in [1.807, 2.05) is 0 Å². The Balaban J connectivity index is 2.98. The molecule has 0 aliphatic heterocycles. The third-order valence-electron chi connectivity index (χ3n) is 3.02. The number of nitrogens with zero attached hydrogens (tertiary/aromatic N) is 3. The van der Waals surface area contributed by atoms with E-state index >= 15 is 0 Å². The van der Waals surface area contributed by atoms with E-state index in [0.29, 0.717) is 5.69 Å². The largest absolute Gasteiger partial charge is 0.462 e. The van der Waals surface area contributed by atoms with E-state index in [4.69, 9.17) is 4.74 Å². The maximum atomic E-state index is 12.6. The molecule has 0 aromatic carbocycles. The lowest BCUT2D eigenvalue weighted by atomic mass is 10.2. The number of carbonyl (C=O) groups is 1. The highest BCUT2D eigenvalue weighted by Gasteiger charge is 2.33. The molecule has 0 aliphatic rings. The number of halogens is 3. The molecule has 0 atom stereocenters. The summed E-state index contributed by atoms with van der Waals surface area (Å²) >= 11 is 0. The molecule has 8 heteroatoms. The summed E-state index contributed by atoms with van der Waals surface area (Å²) in [5.74, 6) is -0.573. The molecule has 1 rings (SSSR count). The van der Waals surface area contributed by atoms with E-state index in [-0.39, 0.29) is 24.8 Å². The number of esters is 1. The highest BCUT2D eigenvalue weighted by Crippen LogP contribution is 2.21. The lowest BCUT2D eigenvalue weighted by molar-refractivity contribution is -0.151. The molecule has 0 radical (unpaired) electrons. The van der Waals surface area contributed by atoms with Gasteiger partial charge in [0.25, 0.3) is 0 Å². The maximum absolute atomic E-state index is 12.6. The van der Waals surface area contributed by atoms with Crippen molar-refractivity contribution in [1.82, 2.24) is 14.7 Å². The van der Waals surface area contributed by atoms with Gasteiger partial charge in [-0.3, -0.25) is 9.58 Å². The van der Waals surface area contributed by atoms with Crippen LogP contribution in [0.3, 0.4) is 0 Å². The fourth-order valence-electron chi connectivity index (χ4n) is 1.87. The van der Waals surface area contributed by atoms with Crippen LogP contribution in [-0.2, 0) is 18.3 Å². The molecule has 1 aromatic heterocycles. The van der Waals surface area contributed by atoms with Gasteiger partial charge in [0.05, 0.1) is 25.0 Å². The number of carbonyl (C=O) groups excluding carboxylic acids is 1. The summed E-state index contributed by atoms with van der Waals surface area (Å²) in [4.78, 5) is 13.0. The molecule has 0 amide bonds.